The van der Waals surface area contributed by atoms with E-state index in [4.69, 9.17) is 49.5 Å². The Hall–Kier alpha value is -1.47. The van der Waals surface area contributed by atoms with Gasteiger partial charge in [0.2, 0.25) is 0 Å². The molecule has 40 heavy (non-hydrogen) atoms. The number of alkyl halides is 1. The number of amides is 1. The normalized spacial score (nSPS) is 15.4. The zero-order valence-electron chi connectivity index (χ0n) is 24.0. The highest BCUT2D eigenvalue weighted by Crippen LogP contribution is 2.13. The van der Waals surface area contributed by atoms with Crippen LogP contribution < -0.4 is 5.32 Å². The standard InChI is InChI=1S/C28H50ClNO10/c29-12-4-1-2-5-14-33-20-22-35-19-13-30-28(32)40-25-24-36-23-21-34-15-9-10-26(31)37-16-7-8-18-39-27-11-3-6-17-38-27/h7-8,27H,1-6,9-25H2,(H,30,32)/b8-7+. The van der Waals surface area contributed by atoms with Gasteiger partial charge in [-0.15, -0.1) is 11.6 Å². The van der Waals surface area contributed by atoms with Gasteiger partial charge in [0.05, 0.1) is 46.2 Å². The third-order valence-corrected chi connectivity index (χ3v) is 5.85. The lowest BCUT2D eigenvalue weighted by molar-refractivity contribution is -0.155. The van der Waals surface area contributed by atoms with Crippen LogP contribution in [0.1, 0.15) is 57.8 Å². The van der Waals surface area contributed by atoms with Gasteiger partial charge in [0.25, 0.3) is 0 Å². The minimum atomic E-state index is -0.513. The van der Waals surface area contributed by atoms with Gasteiger partial charge < -0.3 is 43.2 Å². The van der Waals surface area contributed by atoms with Gasteiger partial charge in [0.1, 0.15) is 13.2 Å². The zero-order valence-corrected chi connectivity index (χ0v) is 24.7. The molecule has 0 radical (unpaired) electrons. The first-order valence-corrected chi connectivity index (χ1v) is 15.1. The van der Waals surface area contributed by atoms with Gasteiger partial charge in [-0.1, -0.05) is 18.9 Å². The summed E-state index contributed by atoms with van der Waals surface area (Å²) in [5, 5.41) is 2.61. The van der Waals surface area contributed by atoms with Crippen LogP contribution in [-0.4, -0.2) is 110 Å². The minimum Gasteiger partial charge on any atom is -0.461 e. The molecule has 0 aromatic rings. The summed E-state index contributed by atoms with van der Waals surface area (Å²) >= 11 is 5.63. The maximum atomic E-state index is 11.7. The van der Waals surface area contributed by atoms with Crippen LogP contribution in [0.3, 0.4) is 0 Å². The quantitative estimate of drug-likeness (QED) is 0.0645. The number of nitrogens with one attached hydrogen (secondary N) is 1. The van der Waals surface area contributed by atoms with E-state index in [1.165, 1.54) is 0 Å². The molecule has 1 amide bonds. The number of alkyl carbamates (subject to hydrolysis) is 1. The molecule has 1 fully saturated rings. The lowest BCUT2D eigenvalue weighted by Gasteiger charge is -2.21. The summed E-state index contributed by atoms with van der Waals surface area (Å²) in [7, 11) is 0. The van der Waals surface area contributed by atoms with E-state index in [2.05, 4.69) is 5.32 Å². The number of carbonyl (C=O) groups excluding carboxylic acids is 2. The van der Waals surface area contributed by atoms with Crippen LogP contribution in [0.4, 0.5) is 4.79 Å². The van der Waals surface area contributed by atoms with E-state index in [0.29, 0.717) is 65.6 Å². The molecule has 1 atom stereocenters. The topological polar surface area (TPSA) is 120 Å². The molecule has 0 aromatic heterocycles. The number of hydrogen-bond acceptors (Lipinski definition) is 10. The molecule has 1 aliphatic rings. The Morgan fingerprint density at radius 3 is 2.17 bits per heavy atom. The molecule has 1 rings (SSSR count). The SMILES string of the molecule is O=C(CCCOCCOCCOC(=O)NCCOCCOCCCCCCCl)OC/C=C/COC1CCCCO1. The fourth-order valence-corrected chi connectivity index (χ4v) is 3.63. The molecule has 1 unspecified atom stereocenters. The molecule has 0 aliphatic carbocycles. The van der Waals surface area contributed by atoms with E-state index in [1.54, 1.807) is 6.08 Å². The van der Waals surface area contributed by atoms with E-state index in [9.17, 15) is 9.59 Å². The van der Waals surface area contributed by atoms with Crippen LogP contribution in [-0.2, 0) is 42.7 Å². The molecular weight excluding hydrogens is 546 g/mol. The second-order valence-electron chi connectivity index (χ2n) is 9.00. The summed E-state index contributed by atoms with van der Waals surface area (Å²) in [6.45, 7) is 5.56. The number of hydrogen-bond donors (Lipinski definition) is 1. The van der Waals surface area contributed by atoms with Crippen molar-refractivity contribution in [1.82, 2.24) is 5.32 Å². The monoisotopic (exact) mass is 595 g/mol. The third-order valence-electron chi connectivity index (χ3n) is 5.59. The summed E-state index contributed by atoms with van der Waals surface area (Å²) in [5.41, 5.74) is 0. The molecule has 0 spiro atoms. The van der Waals surface area contributed by atoms with E-state index in [1.807, 2.05) is 6.08 Å². The summed E-state index contributed by atoms with van der Waals surface area (Å²) in [5.74, 6) is 0.453. The van der Waals surface area contributed by atoms with Crippen molar-refractivity contribution in [2.75, 3.05) is 91.7 Å². The summed E-state index contributed by atoms with van der Waals surface area (Å²) in [6, 6.07) is 0. The summed E-state index contributed by atoms with van der Waals surface area (Å²) in [6.07, 6.45) is 11.3. The minimum absolute atomic E-state index is 0.120. The smallest absolute Gasteiger partial charge is 0.407 e. The van der Waals surface area contributed by atoms with Gasteiger partial charge in [-0.25, -0.2) is 4.79 Å². The van der Waals surface area contributed by atoms with Crippen molar-refractivity contribution in [3.63, 3.8) is 0 Å². The number of carbonyl (C=O) groups is 2. The highest BCUT2D eigenvalue weighted by molar-refractivity contribution is 6.17. The average Bonchev–Trinajstić information content (AvgIpc) is 2.97. The molecule has 1 heterocycles. The van der Waals surface area contributed by atoms with E-state index in [-0.39, 0.29) is 32.1 Å². The second-order valence-corrected chi connectivity index (χ2v) is 9.38. The van der Waals surface area contributed by atoms with E-state index in [0.717, 1.165) is 64.0 Å². The van der Waals surface area contributed by atoms with Gasteiger partial charge in [0, 0.05) is 38.7 Å². The van der Waals surface area contributed by atoms with E-state index < -0.39 is 6.09 Å². The highest BCUT2D eigenvalue weighted by Gasteiger charge is 2.12. The number of ether oxygens (including phenoxy) is 8. The van der Waals surface area contributed by atoms with Crippen LogP contribution >= 0.6 is 11.6 Å². The van der Waals surface area contributed by atoms with Crippen LogP contribution in [0.2, 0.25) is 0 Å². The Morgan fingerprint density at radius 2 is 1.43 bits per heavy atom. The summed E-state index contributed by atoms with van der Waals surface area (Å²) < 4.78 is 42.9. The Bertz CT molecular complexity index is 620. The van der Waals surface area contributed by atoms with Crippen molar-refractivity contribution < 1.29 is 47.5 Å². The molecule has 12 heteroatoms. The van der Waals surface area contributed by atoms with E-state index >= 15 is 0 Å². The Balaban J connectivity index is 1.74. The molecule has 1 N–H and O–H groups in total. The van der Waals surface area contributed by atoms with Crippen LogP contribution in [0, 0.1) is 0 Å². The van der Waals surface area contributed by atoms with Crippen molar-refractivity contribution in [3.05, 3.63) is 12.2 Å². The van der Waals surface area contributed by atoms with Gasteiger partial charge in [-0.2, -0.15) is 0 Å². The van der Waals surface area contributed by atoms with Gasteiger partial charge >= 0.3 is 12.1 Å². The predicted molar refractivity (Wildman–Crippen MR) is 151 cm³/mol. The molecule has 1 saturated heterocycles. The van der Waals surface area contributed by atoms with Crippen LogP contribution in [0.5, 0.6) is 0 Å². The first-order chi connectivity index (χ1) is 19.7. The lowest BCUT2D eigenvalue weighted by atomic mass is 10.2. The third kappa shape index (κ3) is 25.5. The molecule has 0 bridgehead atoms. The Kier molecular flexibility index (Phi) is 26.5. The van der Waals surface area contributed by atoms with Gasteiger partial charge in [0.15, 0.2) is 6.29 Å². The number of unbranched alkanes of at least 4 members (excludes halogenated alkanes) is 3. The maximum absolute atomic E-state index is 11.7. The Morgan fingerprint density at radius 1 is 0.750 bits per heavy atom. The molecule has 234 valence electrons. The maximum Gasteiger partial charge on any atom is 0.407 e. The lowest BCUT2D eigenvalue weighted by Crippen LogP contribution is -2.29. The highest BCUT2D eigenvalue weighted by atomic mass is 35.5. The van der Waals surface area contributed by atoms with Gasteiger partial charge in [-0.05, 0) is 44.6 Å². The number of esters is 1. The van der Waals surface area contributed by atoms with Crippen LogP contribution in [0.15, 0.2) is 12.2 Å². The second kappa shape index (κ2) is 29.0. The van der Waals surface area contributed by atoms with Crippen molar-refractivity contribution in [2.45, 2.75) is 64.1 Å². The predicted octanol–water partition coefficient (Wildman–Crippen LogP) is 4.00. The van der Waals surface area contributed by atoms with Crippen molar-refractivity contribution in [1.29, 1.82) is 0 Å². The molecule has 0 aromatic carbocycles. The molecule has 11 nitrogen and oxygen atoms in total. The summed E-state index contributed by atoms with van der Waals surface area (Å²) in [4.78, 5) is 23.3. The zero-order chi connectivity index (χ0) is 28.8. The molecule has 1 aliphatic heterocycles. The van der Waals surface area contributed by atoms with Crippen LogP contribution in [0.25, 0.3) is 0 Å². The molecule has 0 saturated carbocycles. The van der Waals surface area contributed by atoms with Crippen molar-refractivity contribution >= 4 is 23.7 Å². The molecular formula is C28H50ClNO10. The fraction of sp³-hybridized carbons (Fsp3) is 0.857. The van der Waals surface area contributed by atoms with Crippen molar-refractivity contribution in [2.24, 2.45) is 0 Å². The number of rotatable bonds is 27. The Labute approximate surface area is 244 Å². The first kappa shape index (κ1) is 36.6. The fourth-order valence-electron chi connectivity index (χ4n) is 3.44. The first-order valence-electron chi connectivity index (χ1n) is 14.5. The van der Waals surface area contributed by atoms with Gasteiger partial charge in [-0.3, -0.25) is 4.79 Å². The number of halogens is 1. The van der Waals surface area contributed by atoms with Crippen molar-refractivity contribution in [3.8, 4) is 0 Å². The average molecular weight is 596 g/mol. The largest absolute Gasteiger partial charge is 0.461 e.